The van der Waals surface area contributed by atoms with E-state index in [1.165, 1.54) is 0 Å². The van der Waals surface area contributed by atoms with Crippen LogP contribution < -0.4 is 5.32 Å². The number of ether oxygens (including phenoxy) is 1. The first kappa shape index (κ1) is 17.4. The Kier molecular flexibility index (Phi) is 9.98. The van der Waals surface area contributed by atoms with E-state index in [4.69, 9.17) is 4.74 Å². The van der Waals surface area contributed by atoms with E-state index in [-0.39, 0.29) is 12.0 Å². The van der Waals surface area contributed by atoms with Crippen LogP contribution in [0.3, 0.4) is 0 Å². The average Bonchev–Trinajstić information content (AvgIpc) is 2.32. The van der Waals surface area contributed by atoms with Crippen molar-refractivity contribution in [3.63, 3.8) is 0 Å². The van der Waals surface area contributed by atoms with E-state index in [0.717, 1.165) is 32.6 Å². The predicted molar refractivity (Wildman–Crippen MR) is 75.7 cm³/mol. The smallest absolute Gasteiger partial charge is 0.324 e. The summed E-state index contributed by atoms with van der Waals surface area (Å²) < 4.78 is 5.12. The van der Waals surface area contributed by atoms with Gasteiger partial charge in [-0.25, -0.2) is 0 Å². The second kappa shape index (κ2) is 10.3. The Morgan fingerprint density at radius 1 is 1.22 bits per heavy atom. The van der Waals surface area contributed by atoms with Gasteiger partial charge in [0.15, 0.2) is 0 Å². The van der Waals surface area contributed by atoms with Crippen molar-refractivity contribution < 1.29 is 9.53 Å². The molecule has 0 aromatic rings. The standard InChI is InChI=1S/C14H30N2O2/c1-6-9-15-13(14(17)18-8-3)11-16(7-2)10-12(4)5/h12-13,15H,6-11H2,1-5H3. The molecule has 0 bridgehead atoms. The highest BCUT2D eigenvalue weighted by Crippen LogP contribution is 2.01. The number of hydrogen-bond donors (Lipinski definition) is 1. The average molecular weight is 258 g/mol. The maximum atomic E-state index is 11.9. The molecule has 1 atom stereocenters. The molecule has 0 aliphatic carbocycles. The van der Waals surface area contributed by atoms with Gasteiger partial charge >= 0.3 is 5.97 Å². The zero-order valence-corrected chi connectivity index (χ0v) is 12.7. The van der Waals surface area contributed by atoms with E-state index in [0.29, 0.717) is 12.5 Å². The fourth-order valence-electron chi connectivity index (χ4n) is 1.89. The van der Waals surface area contributed by atoms with E-state index >= 15 is 0 Å². The number of carbonyl (C=O) groups is 1. The van der Waals surface area contributed by atoms with Crippen molar-refractivity contribution in [2.24, 2.45) is 5.92 Å². The second-order valence-corrected chi connectivity index (χ2v) is 5.00. The summed E-state index contributed by atoms with van der Waals surface area (Å²) in [5.41, 5.74) is 0. The molecule has 0 amide bonds. The van der Waals surface area contributed by atoms with E-state index in [1.807, 2.05) is 6.92 Å². The summed E-state index contributed by atoms with van der Waals surface area (Å²) in [6.45, 7) is 14.5. The summed E-state index contributed by atoms with van der Waals surface area (Å²) >= 11 is 0. The van der Waals surface area contributed by atoms with Gasteiger partial charge in [0.1, 0.15) is 6.04 Å². The normalized spacial score (nSPS) is 13.1. The Labute approximate surface area is 112 Å². The summed E-state index contributed by atoms with van der Waals surface area (Å²) in [7, 11) is 0. The quantitative estimate of drug-likeness (QED) is 0.608. The van der Waals surface area contributed by atoms with E-state index in [9.17, 15) is 4.79 Å². The minimum Gasteiger partial charge on any atom is -0.465 e. The highest BCUT2D eigenvalue weighted by Gasteiger charge is 2.21. The Morgan fingerprint density at radius 3 is 2.33 bits per heavy atom. The van der Waals surface area contributed by atoms with Crippen LogP contribution in [0.1, 0.15) is 41.0 Å². The minimum atomic E-state index is -0.205. The van der Waals surface area contributed by atoms with Crippen molar-refractivity contribution in [3.8, 4) is 0 Å². The lowest BCUT2D eigenvalue weighted by atomic mass is 10.2. The molecule has 0 aromatic heterocycles. The van der Waals surface area contributed by atoms with Crippen LogP contribution in [0.5, 0.6) is 0 Å². The Bertz CT molecular complexity index is 220. The molecule has 4 heteroatoms. The Morgan fingerprint density at radius 2 is 1.89 bits per heavy atom. The van der Waals surface area contributed by atoms with Gasteiger partial charge in [-0.05, 0) is 32.4 Å². The molecule has 0 radical (unpaired) electrons. The van der Waals surface area contributed by atoms with Gasteiger partial charge in [0.2, 0.25) is 0 Å². The number of nitrogens with zero attached hydrogens (tertiary/aromatic N) is 1. The SMILES string of the molecule is CCCNC(CN(CC)CC(C)C)C(=O)OCC. The van der Waals surface area contributed by atoms with Gasteiger partial charge in [0.25, 0.3) is 0 Å². The number of rotatable bonds is 10. The van der Waals surface area contributed by atoms with E-state index in [1.54, 1.807) is 0 Å². The maximum Gasteiger partial charge on any atom is 0.324 e. The minimum absolute atomic E-state index is 0.131. The highest BCUT2D eigenvalue weighted by atomic mass is 16.5. The summed E-state index contributed by atoms with van der Waals surface area (Å²) in [4.78, 5) is 14.2. The molecule has 0 aromatic carbocycles. The molecular weight excluding hydrogens is 228 g/mol. The third-order valence-electron chi connectivity index (χ3n) is 2.72. The zero-order chi connectivity index (χ0) is 14.0. The summed E-state index contributed by atoms with van der Waals surface area (Å²) in [6, 6.07) is -0.205. The number of likely N-dealkylation sites (N-methyl/N-ethyl adjacent to an activating group) is 1. The van der Waals surface area contributed by atoms with Crippen LogP contribution in [0, 0.1) is 5.92 Å². The molecule has 0 saturated carbocycles. The summed E-state index contributed by atoms with van der Waals surface area (Å²) in [6.07, 6.45) is 1.02. The Balaban J connectivity index is 4.39. The lowest BCUT2D eigenvalue weighted by Gasteiger charge is -2.27. The van der Waals surface area contributed by atoms with Crippen LogP contribution in [0.2, 0.25) is 0 Å². The molecule has 1 N–H and O–H groups in total. The van der Waals surface area contributed by atoms with E-state index in [2.05, 4.69) is 37.9 Å². The third kappa shape index (κ3) is 7.67. The highest BCUT2D eigenvalue weighted by molar-refractivity contribution is 5.76. The van der Waals surface area contributed by atoms with Gasteiger partial charge in [-0.1, -0.05) is 27.7 Å². The van der Waals surface area contributed by atoms with Gasteiger partial charge in [-0.2, -0.15) is 0 Å². The first-order chi connectivity index (χ1) is 8.54. The lowest BCUT2D eigenvalue weighted by molar-refractivity contribution is -0.146. The number of nitrogens with one attached hydrogen (secondary N) is 1. The second-order valence-electron chi connectivity index (χ2n) is 5.00. The predicted octanol–water partition coefficient (Wildman–Crippen LogP) is 1.90. The van der Waals surface area contributed by atoms with Crippen LogP contribution in [-0.4, -0.2) is 49.7 Å². The van der Waals surface area contributed by atoms with Gasteiger partial charge in [-0.3, -0.25) is 4.79 Å². The van der Waals surface area contributed by atoms with Crippen molar-refractivity contribution in [1.29, 1.82) is 0 Å². The van der Waals surface area contributed by atoms with Crippen molar-refractivity contribution in [1.82, 2.24) is 10.2 Å². The fraction of sp³-hybridized carbons (Fsp3) is 0.929. The summed E-state index contributed by atoms with van der Waals surface area (Å²) in [5.74, 6) is 0.479. The van der Waals surface area contributed by atoms with Gasteiger partial charge in [0.05, 0.1) is 6.61 Å². The molecule has 0 spiro atoms. The van der Waals surface area contributed by atoms with Crippen molar-refractivity contribution in [3.05, 3.63) is 0 Å². The molecule has 0 fully saturated rings. The molecule has 0 saturated heterocycles. The molecule has 0 aliphatic rings. The summed E-state index contributed by atoms with van der Waals surface area (Å²) in [5, 5.41) is 3.28. The molecular formula is C14H30N2O2. The molecule has 0 rings (SSSR count). The van der Waals surface area contributed by atoms with Crippen molar-refractivity contribution >= 4 is 5.97 Å². The Hall–Kier alpha value is -0.610. The van der Waals surface area contributed by atoms with Gasteiger partial charge in [0, 0.05) is 13.1 Å². The molecule has 108 valence electrons. The molecule has 4 nitrogen and oxygen atoms in total. The van der Waals surface area contributed by atoms with Crippen molar-refractivity contribution in [2.45, 2.75) is 47.1 Å². The number of carbonyl (C=O) groups excluding carboxylic acids is 1. The monoisotopic (exact) mass is 258 g/mol. The topological polar surface area (TPSA) is 41.6 Å². The van der Waals surface area contributed by atoms with Gasteiger partial charge in [-0.15, -0.1) is 0 Å². The van der Waals surface area contributed by atoms with Gasteiger partial charge < -0.3 is 15.0 Å². The number of hydrogen-bond acceptors (Lipinski definition) is 4. The zero-order valence-electron chi connectivity index (χ0n) is 12.7. The first-order valence-corrected chi connectivity index (χ1v) is 7.17. The molecule has 0 aliphatic heterocycles. The van der Waals surface area contributed by atoms with Crippen LogP contribution in [0.15, 0.2) is 0 Å². The first-order valence-electron chi connectivity index (χ1n) is 7.17. The molecule has 1 unspecified atom stereocenters. The van der Waals surface area contributed by atoms with E-state index < -0.39 is 0 Å². The van der Waals surface area contributed by atoms with Crippen LogP contribution in [-0.2, 0) is 9.53 Å². The van der Waals surface area contributed by atoms with Crippen LogP contribution in [0.4, 0.5) is 0 Å². The third-order valence-corrected chi connectivity index (χ3v) is 2.72. The van der Waals surface area contributed by atoms with Crippen LogP contribution >= 0.6 is 0 Å². The molecule has 18 heavy (non-hydrogen) atoms. The van der Waals surface area contributed by atoms with Crippen molar-refractivity contribution in [2.75, 3.05) is 32.8 Å². The number of esters is 1. The maximum absolute atomic E-state index is 11.9. The lowest BCUT2D eigenvalue weighted by Crippen LogP contribution is -2.48. The largest absolute Gasteiger partial charge is 0.465 e. The fourth-order valence-corrected chi connectivity index (χ4v) is 1.89. The van der Waals surface area contributed by atoms with Crippen LogP contribution in [0.25, 0.3) is 0 Å². The molecule has 0 heterocycles.